The summed E-state index contributed by atoms with van der Waals surface area (Å²) in [4.78, 5) is 18.4. The molecule has 1 amide bonds. The molecule has 0 radical (unpaired) electrons. The third-order valence-electron chi connectivity index (χ3n) is 5.38. The lowest BCUT2D eigenvalue weighted by Gasteiger charge is -2.29. The van der Waals surface area contributed by atoms with Crippen molar-refractivity contribution in [1.29, 1.82) is 0 Å². The van der Waals surface area contributed by atoms with Gasteiger partial charge in [0.1, 0.15) is 0 Å². The number of hydrogen-bond acceptors (Lipinski definition) is 2. The molecule has 0 aromatic heterocycles. The average Bonchev–Trinajstić information content (AvgIpc) is 3.00. The van der Waals surface area contributed by atoms with E-state index in [0.29, 0.717) is 6.04 Å². The molecule has 1 saturated heterocycles. The minimum Gasteiger partial charge on any atom is -0.356 e. The minimum absolute atomic E-state index is 0.0824. The fraction of sp³-hybridized carbons (Fsp3) is 0.889. The smallest absolute Gasteiger partial charge is 0.225 e. The summed E-state index contributed by atoms with van der Waals surface area (Å²) in [5, 5.41) is 6.99. The van der Waals surface area contributed by atoms with Gasteiger partial charge in [-0.3, -0.25) is 9.79 Å². The van der Waals surface area contributed by atoms with Crippen LogP contribution in [0.4, 0.5) is 0 Å². The van der Waals surface area contributed by atoms with E-state index in [1.54, 1.807) is 0 Å². The molecular weight excluding hydrogens is 288 g/mol. The van der Waals surface area contributed by atoms with Gasteiger partial charge in [-0.05, 0) is 24.7 Å². The first kappa shape index (κ1) is 18.1. The molecule has 0 spiro atoms. The Balaban J connectivity index is 1.76. The maximum Gasteiger partial charge on any atom is 0.225 e. The fourth-order valence-electron chi connectivity index (χ4n) is 3.76. The lowest BCUT2D eigenvalue weighted by atomic mass is 9.80. The van der Waals surface area contributed by atoms with Gasteiger partial charge in [0.2, 0.25) is 5.91 Å². The van der Waals surface area contributed by atoms with Crippen LogP contribution < -0.4 is 10.6 Å². The van der Waals surface area contributed by atoms with Gasteiger partial charge >= 0.3 is 0 Å². The second-order valence-electron chi connectivity index (χ2n) is 7.54. The third-order valence-corrected chi connectivity index (χ3v) is 5.38. The highest BCUT2D eigenvalue weighted by Crippen LogP contribution is 2.28. The van der Waals surface area contributed by atoms with Crippen molar-refractivity contribution in [2.75, 3.05) is 26.7 Å². The topological polar surface area (TPSA) is 56.7 Å². The molecule has 5 nitrogen and oxygen atoms in total. The molecule has 2 aliphatic rings. The van der Waals surface area contributed by atoms with Gasteiger partial charge in [-0.15, -0.1) is 0 Å². The van der Waals surface area contributed by atoms with Crippen LogP contribution >= 0.6 is 0 Å². The zero-order valence-corrected chi connectivity index (χ0v) is 15.3. The number of likely N-dealkylation sites (tertiary alicyclic amines) is 1. The van der Waals surface area contributed by atoms with Crippen molar-refractivity contribution in [2.24, 2.45) is 22.7 Å². The summed E-state index contributed by atoms with van der Waals surface area (Å²) in [7, 11) is 1.83. The van der Waals surface area contributed by atoms with Crippen LogP contribution in [0, 0.1) is 17.8 Å². The molecule has 1 saturated carbocycles. The molecular formula is C18H34N4O. The number of aliphatic imine (C=N–C) groups is 1. The number of hydrogen-bond donors (Lipinski definition) is 2. The van der Waals surface area contributed by atoms with Crippen LogP contribution in [-0.4, -0.2) is 49.5 Å². The van der Waals surface area contributed by atoms with Gasteiger partial charge in [0.15, 0.2) is 5.96 Å². The molecule has 2 rings (SSSR count). The Labute approximate surface area is 141 Å². The minimum atomic E-state index is 0.0824. The van der Waals surface area contributed by atoms with Crippen molar-refractivity contribution in [1.82, 2.24) is 15.5 Å². The molecule has 23 heavy (non-hydrogen) atoms. The Morgan fingerprint density at radius 3 is 2.65 bits per heavy atom. The summed E-state index contributed by atoms with van der Waals surface area (Å²) in [6.45, 7) is 8.95. The molecule has 1 heterocycles. The molecule has 0 aromatic carbocycles. The first-order valence-corrected chi connectivity index (χ1v) is 9.27. The zero-order chi connectivity index (χ0) is 16.8. The van der Waals surface area contributed by atoms with Crippen molar-refractivity contribution in [3.8, 4) is 0 Å². The summed E-state index contributed by atoms with van der Waals surface area (Å²) in [6, 6.07) is 0.313. The molecule has 3 atom stereocenters. The lowest BCUT2D eigenvalue weighted by molar-refractivity contribution is -0.133. The quantitative estimate of drug-likeness (QED) is 0.616. The zero-order valence-electron chi connectivity index (χ0n) is 15.3. The monoisotopic (exact) mass is 322 g/mol. The Morgan fingerprint density at radius 2 is 2.00 bits per heavy atom. The van der Waals surface area contributed by atoms with Gasteiger partial charge in [-0.2, -0.15) is 0 Å². The van der Waals surface area contributed by atoms with E-state index in [1.165, 1.54) is 25.7 Å². The van der Waals surface area contributed by atoms with E-state index in [-0.39, 0.29) is 11.8 Å². The van der Waals surface area contributed by atoms with E-state index in [2.05, 4.69) is 22.5 Å². The van der Waals surface area contributed by atoms with Crippen LogP contribution in [-0.2, 0) is 4.79 Å². The molecule has 2 N–H and O–H groups in total. The number of carbonyl (C=O) groups excluding carboxylic acids is 1. The standard InChI is InChI=1S/C18H34N4O/c1-13(2)17(23)22-10-9-16(12-22)21-18(19-4)20-11-15-8-6-5-7-14(15)3/h13-16H,5-12H2,1-4H3,(H2,19,20,21). The van der Waals surface area contributed by atoms with E-state index in [9.17, 15) is 4.79 Å². The number of amides is 1. The van der Waals surface area contributed by atoms with Crippen LogP contribution in [0.25, 0.3) is 0 Å². The lowest BCUT2D eigenvalue weighted by Crippen LogP contribution is -2.47. The molecule has 1 aliphatic heterocycles. The van der Waals surface area contributed by atoms with Crippen molar-refractivity contribution < 1.29 is 4.79 Å². The number of rotatable bonds is 4. The number of guanidine groups is 1. The average molecular weight is 322 g/mol. The molecule has 132 valence electrons. The first-order valence-electron chi connectivity index (χ1n) is 9.27. The maximum absolute atomic E-state index is 12.1. The van der Waals surface area contributed by atoms with Gasteiger partial charge in [0.05, 0.1) is 0 Å². The summed E-state index contributed by atoms with van der Waals surface area (Å²) in [5.74, 6) is 2.78. The van der Waals surface area contributed by atoms with Gasteiger partial charge in [-0.1, -0.05) is 40.0 Å². The van der Waals surface area contributed by atoms with E-state index < -0.39 is 0 Å². The van der Waals surface area contributed by atoms with Gasteiger partial charge in [0, 0.05) is 38.6 Å². The molecule has 5 heteroatoms. The Hall–Kier alpha value is -1.26. The van der Waals surface area contributed by atoms with Crippen molar-refractivity contribution >= 4 is 11.9 Å². The highest BCUT2D eigenvalue weighted by molar-refractivity contribution is 5.81. The normalized spacial score (nSPS) is 29.0. The first-order chi connectivity index (χ1) is 11.0. The number of nitrogens with zero attached hydrogens (tertiary/aromatic N) is 2. The predicted octanol–water partition coefficient (Wildman–Crippen LogP) is 2.23. The Morgan fingerprint density at radius 1 is 1.26 bits per heavy atom. The highest BCUT2D eigenvalue weighted by Gasteiger charge is 2.28. The van der Waals surface area contributed by atoms with Crippen molar-refractivity contribution in [3.05, 3.63) is 0 Å². The molecule has 0 aromatic rings. The summed E-state index contributed by atoms with van der Waals surface area (Å²) in [6.07, 6.45) is 6.42. The van der Waals surface area contributed by atoms with E-state index >= 15 is 0 Å². The Bertz CT molecular complexity index is 421. The second kappa shape index (κ2) is 8.55. The summed E-state index contributed by atoms with van der Waals surface area (Å²) in [5.41, 5.74) is 0. The molecule has 3 unspecified atom stereocenters. The van der Waals surface area contributed by atoms with Gasteiger partial charge in [-0.25, -0.2) is 0 Å². The summed E-state index contributed by atoms with van der Waals surface area (Å²) < 4.78 is 0. The van der Waals surface area contributed by atoms with E-state index in [4.69, 9.17) is 0 Å². The second-order valence-corrected chi connectivity index (χ2v) is 7.54. The third kappa shape index (κ3) is 5.11. The highest BCUT2D eigenvalue weighted by atomic mass is 16.2. The van der Waals surface area contributed by atoms with Gasteiger partial charge < -0.3 is 15.5 Å². The van der Waals surface area contributed by atoms with E-state index in [0.717, 1.165) is 43.9 Å². The van der Waals surface area contributed by atoms with Crippen LogP contribution in [0.1, 0.15) is 52.9 Å². The van der Waals surface area contributed by atoms with Crippen LogP contribution in [0.5, 0.6) is 0 Å². The van der Waals surface area contributed by atoms with Crippen LogP contribution in [0.2, 0.25) is 0 Å². The van der Waals surface area contributed by atoms with Crippen molar-refractivity contribution in [2.45, 2.75) is 58.9 Å². The number of nitrogens with one attached hydrogen (secondary N) is 2. The maximum atomic E-state index is 12.1. The number of carbonyl (C=O) groups is 1. The van der Waals surface area contributed by atoms with Crippen LogP contribution in [0.3, 0.4) is 0 Å². The summed E-state index contributed by atoms with van der Waals surface area (Å²) >= 11 is 0. The molecule has 0 bridgehead atoms. The predicted molar refractivity (Wildman–Crippen MR) is 95.4 cm³/mol. The van der Waals surface area contributed by atoms with Crippen LogP contribution in [0.15, 0.2) is 4.99 Å². The van der Waals surface area contributed by atoms with Gasteiger partial charge in [0.25, 0.3) is 0 Å². The largest absolute Gasteiger partial charge is 0.356 e. The SMILES string of the molecule is CN=C(NCC1CCCCC1C)NC1CCN(C(=O)C(C)C)C1. The van der Waals surface area contributed by atoms with E-state index in [1.807, 2.05) is 25.8 Å². The molecule has 2 fully saturated rings. The molecule has 1 aliphatic carbocycles. The Kier molecular flexibility index (Phi) is 6.72. The fourth-order valence-corrected chi connectivity index (χ4v) is 3.76. The van der Waals surface area contributed by atoms with Crippen molar-refractivity contribution in [3.63, 3.8) is 0 Å².